The Morgan fingerprint density at radius 3 is 2.55 bits per heavy atom. The van der Waals surface area contributed by atoms with Gasteiger partial charge < -0.3 is 10.3 Å². The fourth-order valence-electron chi connectivity index (χ4n) is 2.39. The van der Waals surface area contributed by atoms with Crippen LogP contribution < -0.4 is 5.73 Å². The molecule has 0 unspecified atom stereocenters. The lowest BCUT2D eigenvalue weighted by Gasteiger charge is -2.09. The van der Waals surface area contributed by atoms with E-state index in [-0.39, 0.29) is 0 Å². The minimum absolute atomic E-state index is 0.601. The molecule has 1 aromatic heterocycles. The molecule has 0 amide bonds. The molecule has 102 valence electrons. The van der Waals surface area contributed by atoms with E-state index in [0.29, 0.717) is 6.54 Å². The summed E-state index contributed by atoms with van der Waals surface area (Å²) in [5.74, 6) is 1.03. The van der Waals surface area contributed by atoms with E-state index in [9.17, 15) is 0 Å². The van der Waals surface area contributed by atoms with Crippen molar-refractivity contribution in [3.63, 3.8) is 0 Å². The number of hydrogen-bond donors (Lipinski definition) is 1. The number of imidazole rings is 1. The Balaban J connectivity index is 2.04. The quantitative estimate of drug-likeness (QED) is 0.800. The number of rotatable bonds is 4. The number of para-hydroxylation sites is 2. The van der Waals surface area contributed by atoms with Crippen LogP contribution in [-0.2, 0) is 13.0 Å². The number of nitrogens with two attached hydrogens (primary N) is 1. The van der Waals surface area contributed by atoms with Gasteiger partial charge >= 0.3 is 0 Å². The van der Waals surface area contributed by atoms with Crippen molar-refractivity contribution in [1.82, 2.24) is 9.55 Å². The molecule has 0 saturated heterocycles. The predicted molar refractivity (Wildman–Crippen MR) is 83.0 cm³/mol. The molecule has 0 saturated carbocycles. The van der Waals surface area contributed by atoms with Gasteiger partial charge in [0.05, 0.1) is 11.0 Å². The number of aromatic nitrogens is 2. The van der Waals surface area contributed by atoms with Gasteiger partial charge in [0.15, 0.2) is 0 Å². The lowest BCUT2D eigenvalue weighted by molar-refractivity contribution is 0.735. The third-order valence-corrected chi connectivity index (χ3v) is 3.61. The largest absolute Gasteiger partial charge is 0.330 e. The van der Waals surface area contributed by atoms with Crippen molar-refractivity contribution in [3.05, 3.63) is 64.9 Å². The highest BCUT2D eigenvalue weighted by Gasteiger charge is 2.09. The Kier molecular flexibility index (Phi) is 3.72. The Hall–Kier alpha value is -1.84. The second-order valence-electron chi connectivity index (χ2n) is 4.77. The van der Waals surface area contributed by atoms with Gasteiger partial charge in [-0.25, -0.2) is 4.98 Å². The summed E-state index contributed by atoms with van der Waals surface area (Å²) >= 11 is 5.93. The first-order valence-corrected chi connectivity index (χ1v) is 7.04. The van der Waals surface area contributed by atoms with E-state index in [4.69, 9.17) is 17.3 Å². The van der Waals surface area contributed by atoms with Crippen molar-refractivity contribution in [2.24, 2.45) is 5.73 Å². The second-order valence-corrected chi connectivity index (χ2v) is 5.20. The fraction of sp³-hybridized carbons (Fsp3) is 0.188. The molecule has 0 fully saturated rings. The van der Waals surface area contributed by atoms with E-state index < -0.39 is 0 Å². The fourth-order valence-corrected chi connectivity index (χ4v) is 2.52. The number of fused-ring (bicyclic) bond motifs is 1. The van der Waals surface area contributed by atoms with E-state index in [1.54, 1.807) is 0 Å². The van der Waals surface area contributed by atoms with E-state index in [1.807, 2.05) is 42.5 Å². The van der Waals surface area contributed by atoms with Crippen molar-refractivity contribution in [2.75, 3.05) is 6.54 Å². The van der Waals surface area contributed by atoms with Gasteiger partial charge in [-0.2, -0.15) is 0 Å². The molecule has 0 aliphatic rings. The highest BCUT2D eigenvalue weighted by Crippen LogP contribution is 2.19. The summed E-state index contributed by atoms with van der Waals surface area (Å²) in [7, 11) is 0. The molecule has 1 heterocycles. The molecule has 3 aromatic rings. The Morgan fingerprint density at radius 2 is 1.80 bits per heavy atom. The summed E-state index contributed by atoms with van der Waals surface area (Å²) in [5.41, 5.74) is 9.06. The molecule has 2 aromatic carbocycles. The number of hydrogen-bond acceptors (Lipinski definition) is 2. The molecule has 0 spiro atoms. The van der Waals surface area contributed by atoms with Gasteiger partial charge in [0, 0.05) is 18.0 Å². The van der Waals surface area contributed by atoms with E-state index >= 15 is 0 Å². The van der Waals surface area contributed by atoms with Gasteiger partial charge in [-0.1, -0.05) is 35.9 Å². The van der Waals surface area contributed by atoms with Crippen LogP contribution >= 0.6 is 11.6 Å². The van der Waals surface area contributed by atoms with Crippen LogP contribution in [0.1, 0.15) is 11.4 Å². The summed E-state index contributed by atoms with van der Waals surface area (Å²) < 4.78 is 2.23. The Morgan fingerprint density at radius 1 is 1.05 bits per heavy atom. The first-order valence-electron chi connectivity index (χ1n) is 6.66. The van der Waals surface area contributed by atoms with E-state index in [1.165, 1.54) is 5.56 Å². The average molecular weight is 286 g/mol. The van der Waals surface area contributed by atoms with Crippen LogP contribution in [-0.4, -0.2) is 16.1 Å². The maximum atomic E-state index is 5.93. The minimum atomic E-state index is 0.601. The summed E-state index contributed by atoms with van der Waals surface area (Å²) in [6.07, 6.45) is 0.780. The van der Waals surface area contributed by atoms with Gasteiger partial charge in [-0.15, -0.1) is 0 Å². The van der Waals surface area contributed by atoms with Crippen LogP contribution in [0, 0.1) is 0 Å². The number of benzene rings is 2. The van der Waals surface area contributed by atoms with Gasteiger partial charge in [-0.05, 0) is 36.4 Å². The predicted octanol–water partition coefficient (Wildman–Crippen LogP) is 3.24. The molecule has 3 nitrogen and oxygen atoms in total. The van der Waals surface area contributed by atoms with Crippen molar-refractivity contribution < 1.29 is 0 Å². The molecule has 0 bridgehead atoms. The molecule has 4 heteroatoms. The lowest BCUT2D eigenvalue weighted by Crippen LogP contribution is -2.10. The first-order chi connectivity index (χ1) is 9.78. The van der Waals surface area contributed by atoms with Crippen molar-refractivity contribution >= 4 is 22.6 Å². The molecule has 0 radical (unpaired) electrons. The Labute approximate surface area is 123 Å². The minimum Gasteiger partial charge on any atom is -0.330 e. The lowest BCUT2D eigenvalue weighted by atomic mass is 10.2. The monoisotopic (exact) mass is 285 g/mol. The normalized spacial score (nSPS) is 11.1. The SMILES string of the molecule is NCCc1nc2ccccc2n1Cc1ccc(Cl)cc1. The number of halogens is 1. The van der Waals surface area contributed by atoms with Crippen LogP contribution in [0.15, 0.2) is 48.5 Å². The first kappa shape index (κ1) is 13.2. The summed E-state index contributed by atoms with van der Waals surface area (Å²) in [4.78, 5) is 4.67. The zero-order chi connectivity index (χ0) is 13.9. The highest BCUT2D eigenvalue weighted by atomic mass is 35.5. The zero-order valence-corrected chi connectivity index (χ0v) is 11.8. The van der Waals surface area contributed by atoms with Crippen molar-refractivity contribution in [2.45, 2.75) is 13.0 Å². The van der Waals surface area contributed by atoms with Gasteiger partial charge in [-0.3, -0.25) is 0 Å². The third-order valence-electron chi connectivity index (χ3n) is 3.36. The third kappa shape index (κ3) is 2.55. The molecule has 2 N–H and O–H groups in total. The molecular formula is C16H16ClN3. The molecule has 0 aliphatic heterocycles. The summed E-state index contributed by atoms with van der Waals surface area (Å²) in [5, 5.41) is 0.756. The average Bonchev–Trinajstić information content (AvgIpc) is 2.80. The van der Waals surface area contributed by atoms with Crippen LogP contribution in [0.3, 0.4) is 0 Å². The second kappa shape index (κ2) is 5.65. The van der Waals surface area contributed by atoms with Crippen LogP contribution in [0.4, 0.5) is 0 Å². The van der Waals surface area contributed by atoms with Gasteiger partial charge in [0.2, 0.25) is 0 Å². The number of nitrogens with zero attached hydrogens (tertiary/aromatic N) is 2. The van der Waals surface area contributed by atoms with E-state index in [2.05, 4.69) is 15.6 Å². The topological polar surface area (TPSA) is 43.8 Å². The smallest absolute Gasteiger partial charge is 0.111 e. The Bertz CT molecular complexity index is 716. The molecule has 0 atom stereocenters. The molecule has 0 aliphatic carbocycles. The maximum Gasteiger partial charge on any atom is 0.111 e. The van der Waals surface area contributed by atoms with Crippen LogP contribution in [0.5, 0.6) is 0 Å². The maximum absolute atomic E-state index is 5.93. The van der Waals surface area contributed by atoms with Crippen LogP contribution in [0.2, 0.25) is 5.02 Å². The van der Waals surface area contributed by atoms with Gasteiger partial charge in [0.25, 0.3) is 0 Å². The van der Waals surface area contributed by atoms with Gasteiger partial charge in [0.1, 0.15) is 5.82 Å². The zero-order valence-electron chi connectivity index (χ0n) is 11.1. The summed E-state index contributed by atoms with van der Waals surface area (Å²) in [6, 6.07) is 16.1. The van der Waals surface area contributed by atoms with E-state index in [0.717, 1.165) is 34.8 Å². The highest BCUT2D eigenvalue weighted by molar-refractivity contribution is 6.30. The summed E-state index contributed by atoms with van der Waals surface area (Å²) in [6.45, 7) is 1.39. The molecule has 20 heavy (non-hydrogen) atoms. The van der Waals surface area contributed by atoms with Crippen LogP contribution in [0.25, 0.3) is 11.0 Å². The molecular weight excluding hydrogens is 270 g/mol. The van der Waals surface area contributed by atoms with Crippen molar-refractivity contribution in [1.29, 1.82) is 0 Å². The standard InChI is InChI=1S/C16H16ClN3/c17-13-7-5-12(6-8-13)11-20-15-4-2-1-3-14(15)19-16(20)9-10-18/h1-8H,9-11,18H2. The van der Waals surface area contributed by atoms with Crippen molar-refractivity contribution in [3.8, 4) is 0 Å². The molecule has 3 rings (SSSR count).